The summed E-state index contributed by atoms with van der Waals surface area (Å²) in [4.78, 5) is 4.34. The summed E-state index contributed by atoms with van der Waals surface area (Å²) in [6.45, 7) is 4.28. The molecule has 5 nitrogen and oxygen atoms in total. The molecule has 0 saturated heterocycles. The summed E-state index contributed by atoms with van der Waals surface area (Å²) in [7, 11) is 1.80. The molecule has 1 atom stereocenters. The van der Waals surface area contributed by atoms with Crippen LogP contribution in [0, 0.1) is 0 Å². The zero-order valence-electron chi connectivity index (χ0n) is 16.6. The third kappa shape index (κ3) is 6.89. The van der Waals surface area contributed by atoms with Gasteiger partial charge >= 0.3 is 0 Å². The first-order chi connectivity index (χ1) is 13.2. The molecule has 2 aromatic rings. The molecule has 0 fully saturated rings. The largest absolute Gasteiger partial charge is 0.490 e. The third-order valence-corrected chi connectivity index (χ3v) is 4.59. The zero-order chi connectivity index (χ0) is 18.9. The minimum atomic E-state index is 0. The molecule has 1 unspecified atom stereocenters. The van der Waals surface area contributed by atoms with E-state index < -0.39 is 0 Å². The first kappa shape index (κ1) is 22.3. The Morgan fingerprint density at radius 2 is 1.79 bits per heavy atom. The molecular weight excluding hydrogens is 465 g/mol. The molecule has 6 heteroatoms. The molecule has 0 aliphatic carbocycles. The van der Waals surface area contributed by atoms with E-state index in [2.05, 4.69) is 58.9 Å². The zero-order valence-corrected chi connectivity index (χ0v) is 18.9. The molecule has 152 valence electrons. The SMILES string of the molecule is CN=C(NCc1ccc2c(c1)OCCCO2)NC(C)CCc1ccccc1.I. The second-order valence-corrected chi connectivity index (χ2v) is 6.83. The average molecular weight is 495 g/mol. The van der Waals surface area contributed by atoms with Crippen LogP contribution in [0.1, 0.15) is 30.9 Å². The van der Waals surface area contributed by atoms with Crippen molar-refractivity contribution < 1.29 is 9.47 Å². The maximum atomic E-state index is 5.76. The first-order valence-electron chi connectivity index (χ1n) is 9.64. The van der Waals surface area contributed by atoms with Crippen LogP contribution in [-0.4, -0.2) is 32.3 Å². The van der Waals surface area contributed by atoms with Crippen LogP contribution in [0.5, 0.6) is 11.5 Å². The summed E-state index contributed by atoms with van der Waals surface area (Å²) in [5.74, 6) is 2.46. The molecule has 1 heterocycles. The number of nitrogens with one attached hydrogen (secondary N) is 2. The standard InChI is InChI=1S/C22H29N3O2.HI/c1-17(9-10-18-7-4-3-5-8-18)25-22(23-2)24-16-19-11-12-20-21(15-19)27-14-6-13-26-20;/h3-5,7-8,11-12,15,17H,6,9-10,13-14,16H2,1-2H3,(H2,23,24,25);1H. The van der Waals surface area contributed by atoms with Crippen LogP contribution >= 0.6 is 24.0 Å². The Bertz CT molecular complexity index is 753. The Labute approximate surface area is 184 Å². The number of aryl methyl sites for hydroxylation is 1. The van der Waals surface area contributed by atoms with Gasteiger partial charge in [0.15, 0.2) is 17.5 Å². The van der Waals surface area contributed by atoms with Gasteiger partial charge in [-0.05, 0) is 43.0 Å². The van der Waals surface area contributed by atoms with Gasteiger partial charge < -0.3 is 20.1 Å². The van der Waals surface area contributed by atoms with Crippen molar-refractivity contribution in [3.63, 3.8) is 0 Å². The minimum Gasteiger partial charge on any atom is -0.490 e. The second-order valence-electron chi connectivity index (χ2n) is 6.83. The highest BCUT2D eigenvalue weighted by molar-refractivity contribution is 14.0. The lowest BCUT2D eigenvalue weighted by Crippen LogP contribution is -2.42. The Hall–Kier alpha value is -1.96. The highest BCUT2D eigenvalue weighted by Gasteiger charge is 2.11. The molecule has 3 rings (SSSR count). The van der Waals surface area contributed by atoms with Gasteiger partial charge in [0.2, 0.25) is 0 Å². The molecule has 0 bridgehead atoms. The summed E-state index contributed by atoms with van der Waals surface area (Å²) in [5.41, 5.74) is 2.50. The van der Waals surface area contributed by atoms with Crippen molar-refractivity contribution in [2.45, 2.75) is 38.8 Å². The van der Waals surface area contributed by atoms with Crippen LogP contribution in [0.4, 0.5) is 0 Å². The van der Waals surface area contributed by atoms with Gasteiger partial charge in [-0.25, -0.2) is 0 Å². The third-order valence-electron chi connectivity index (χ3n) is 4.59. The summed E-state index contributed by atoms with van der Waals surface area (Å²) in [6, 6.07) is 17.0. The second kappa shape index (κ2) is 11.8. The number of ether oxygens (including phenoxy) is 2. The van der Waals surface area contributed by atoms with E-state index in [0.717, 1.165) is 42.3 Å². The van der Waals surface area contributed by atoms with E-state index >= 15 is 0 Å². The maximum Gasteiger partial charge on any atom is 0.191 e. The normalized spacial score (nSPS) is 14.4. The lowest BCUT2D eigenvalue weighted by atomic mass is 10.1. The summed E-state index contributed by atoms with van der Waals surface area (Å²) in [6.07, 6.45) is 3.02. The van der Waals surface area contributed by atoms with Crippen molar-refractivity contribution in [3.05, 3.63) is 59.7 Å². The number of guanidine groups is 1. The quantitative estimate of drug-likeness (QED) is 0.359. The molecule has 1 aliphatic rings. The molecule has 0 spiro atoms. The smallest absolute Gasteiger partial charge is 0.191 e. The van der Waals surface area contributed by atoms with Gasteiger partial charge in [-0.1, -0.05) is 36.4 Å². The fourth-order valence-corrected chi connectivity index (χ4v) is 3.03. The number of hydrogen-bond donors (Lipinski definition) is 2. The van der Waals surface area contributed by atoms with Crippen LogP contribution in [-0.2, 0) is 13.0 Å². The van der Waals surface area contributed by atoms with E-state index in [9.17, 15) is 0 Å². The number of fused-ring (bicyclic) bond motifs is 1. The first-order valence-corrected chi connectivity index (χ1v) is 9.64. The fraction of sp³-hybridized carbons (Fsp3) is 0.409. The van der Waals surface area contributed by atoms with Crippen molar-refractivity contribution in [1.29, 1.82) is 0 Å². The average Bonchev–Trinajstić information content (AvgIpc) is 2.95. The molecule has 0 amide bonds. The predicted molar refractivity (Wildman–Crippen MR) is 125 cm³/mol. The van der Waals surface area contributed by atoms with Crippen LogP contribution < -0.4 is 20.1 Å². The minimum absolute atomic E-state index is 0. The van der Waals surface area contributed by atoms with Gasteiger partial charge in [0.05, 0.1) is 13.2 Å². The lowest BCUT2D eigenvalue weighted by Gasteiger charge is -2.18. The van der Waals surface area contributed by atoms with Crippen molar-refractivity contribution in [2.75, 3.05) is 20.3 Å². The number of nitrogens with zero attached hydrogens (tertiary/aromatic N) is 1. The van der Waals surface area contributed by atoms with Crippen molar-refractivity contribution in [3.8, 4) is 11.5 Å². The molecule has 0 radical (unpaired) electrons. The number of rotatable bonds is 6. The number of benzene rings is 2. The van der Waals surface area contributed by atoms with Crippen molar-refractivity contribution in [2.24, 2.45) is 4.99 Å². The van der Waals surface area contributed by atoms with E-state index in [0.29, 0.717) is 25.8 Å². The molecule has 2 N–H and O–H groups in total. The fourth-order valence-electron chi connectivity index (χ4n) is 3.03. The Morgan fingerprint density at radius 1 is 1.04 bits per heavy atom. The monoisotopic (exact) mass is 495 g/mol. The molecule has 28 heavy (non-hydrogen) atoms. The van der Waals surface area contributed by atoms with E-state index in [1.54, 1.807) is 7.05 Å². The summed E-state index contributed by atoms with van der Waals surface area (Å²) >= 11 is 0. The van der Waals surface area contributed by atoms with Gasteiger partial charge in [0, 0.05) is 26.1 Å². The van der Waals surface area contributed by atoms with Gasteiger partial charge in [0.1, 0.15) is 0 Å². The maximum absolute atomic E-state index is 5.76. The highest BCUT2D eigenvalue weighted by Crippen LogP contribution is 2.30. The highest BCUT2D eigenvalue weighted by atomic mass is 127. The summed E-state index contributed by atoms with van der Waals surface area (Å²) in [5, 5.41) is 6.84. The molecule has 2 aromatic carbocycles. The van der Waals surface area contributed by atoms with Crippen molar-refractivity contribution >= 4 is 29.9 Å². The van der Waals surface area contributed by atoms with Crippen molar-refractivity contribution in [1.82, 2.24) is 10.6 Å². The van der Waals surface area contributed by atoms with E-state index in [-0.39, 0.29) is 24.0 Å². The van der Waals surface area contributed by atoms with Crippen LogP contribution in [0.25, 0.3) is 0 Å². The molecule has 0 aromatic heterocycles. The van der Waals surface area contributed by atoms with Gasteiger partial charge in [-0.2, -0.15) is 0 Å². The van der Waals surface area contributed by atoms with E-state index in [1.165, 1.54) is 5.56 Å². The lowest BCUT2D eigenvalue weighted by molar-refractivity contribution is 0.297. The molecule has 0 saturated carbocycles. The van der Waals surface area contributed by atoms with Gasteiger partial charge in [-0.15, -0.1) is 24.0 Å². The summed E-state index contributed by atoms with van der Waals surface area (Å²) < 4.78 is 11.4. The van der Waals surface area contributed by atoms with E-state index in [1.807, 2.05) is 12.1 Å². The molecule has 1 aliphatic heterocycles. The Balaban J connectivity index is 0.00000280. The van der Waals surface area contributed by atoms with Crippen LogP contribution in [0.15, 0.2) is 53.5 Å². The molecular formula is C22H30IN3O2. The van der Waals surface area contributed by atoms with E-state index in [4.69, 9.17) is 9.47 Å². The predicted octanol–water partition coefficient (Wildman–Crippen LogP) is 4.15. The Morgan fingerprint density at radius 3 is 2.54 bits per heavy atom. The van der Waals surface area contributed by atoms with Crippen LogP contribution in [0.3, 0.4) is 0 Å². The van der Waals surface area contributed by atoms with Gasteiger partial charge in [0.25, 0.3) is 0 Å². The van der Waals surface area contributed by atoms with Gasteiger partial charge in [-0.3, -0.25) is 4.99 Å². The number of hydrogen-bond acceptors (Lipinski definition) is 3. The number of aliphatic imine (C=N–C) groups is 1. The van der Waals surface area contributed by atoms with Crippen LogP contribution in [0.2, 0.25) is 0 Å². The number of halogens is 1. The topological polar surface area (TPSA) is 54.9 Å². The Kier molecular flexibility index (Phi) is 9.40.